The van der Waals surface area contributed by atoms with Crippen molar-refractivity contribution in [3.63, 3.8) is 0 Å². The number of hydrogen-bond acceptors (Lipinski definition) is 1. The maximum Gasteiger partial charge on any atom is 0.417 e. The highest BCUT2D eigenvalue weighted by Crippen LogP contribution is 2.36. The van der Waals surface area contributed by atoms with Gasteiger partial charge >= 0.3 is 6.18 Å². The smallest absolute Gasteiger partial charge is 0.385 e. The molecule has 0 aliphatic rings. The molecule has 0 radical (unpaired) electrons. The van der Waals surface area contributed by atoms with Gasteiger partial charge < -0.3 is 5.32 Å². The van der Waals surface area contributed by atoms with Gasteiger partial charge in [-0.05, 0) is 24.6 Å². The van der Waals surface area contributed by atoms with Crippen molar-refractivity contribution in [2.24, 2.45) is 0 Å². The Balaban J connectivity index is 2.30. The molecule has 0 heterocycles. The molecule has 0 atom stereocenters. The lowest BCUT2D eigenvalue weighted by Crippen LogP contribution is -2.08. The molecule has 0 bridgehead atoms. The topological polar surface area (TPSA) is 12.0 Å². The standard InChI is InChI=1S/C16H23ClF3N/c1-2-3-4-5-6-7-8-11-21-13-9-10-15(17)14(12-13)16(18,19)20/h9-10,12,21H,2-8,11H2,1H3. The molecule has 1 aromatic carbocycles. The molecule has 120 valence electrons. The van der Waals surface area contributed by atoms with E-state index in [1.807, 2.05) is 0 Å². The number of halogens is 4. The summed E-state index contributed by atoms with van der Waals surface area (Å²) in [6.07, 6.45) is 3.89. The number of hydrogen-bond donors (Lipinski definition) is 1. The van der Waals surface area contributed by atoms with Gasteiger partial charge in [0.2, 0.25) is 0 Å². The van der Waals surface area contributed by atoms with E-state index in [9.17, 15) is 13.2 Å². The first-order chi connectivity index (χ1) is 9.95. The monoisotopic (exact) mass is 321 g/mol. The Morgan fingerprint density at radius 1 is 1.00 bits per heavy atom. The lowest BCUT2D eigenvalue weighted by Gasteiger charge is -2.12. The third-order valence-electron chi connectivity index (χ3n) is 3.38. The van der Waals surface area contributed by atoms with Crippen molar-refractivity contribution >= 4 is 17.3 Å². The van der Waals surface area contributed by atoms with Crippen molar-refractivity contribution in [1.29, 1.82) is 0 Å². The lowest BCUT2D eigenvalue weighted by atomic mass is 10.1. The van der Waals surface area contributed by atoms with Gasteiger partial charge in [0.1, 0.15) is 0 Å². The Kier molecular flexibility index (Phi) is 7.94. The highest BCUT2D eigenvalue weighted by molar-refractivity contribution is 6.31. The van der Waals surface area contributed by atoms with Gasteiger partial charge in [0.05, 0.1) is 10.6 Å². The summed E-state index contributed by atoms with van der Waals surface area (Å²) in [4.78, 5) is 0. The van der Waals surface area contributed by atoms with Gasteiger partial charge in [0.25, 0.3) is 0 Å². The molecule has 21 heavy (non-hydrogen) atoms. The molecule has 0 aliphatic heterocycles. The molecule has 0 amide bonds. The largest absolute Gasteiger partial charge is 0.417 e. The number of rotatable bonds is 9. The van der Waals surface area contributed by atoms with Gasteiger partial charge in [-0.15, -0.1) is 0 Å². The molecule has 0 saturated carbocycles. The summed E-state index contributed by atoms with van der Waals surface area (Å²) in [6, 6.07) is 3.94. The van der Waals surface area contributed by atoms with Gasteiger partial charge in [-0.1, -0.05) is 57.0 Å². The van der Waals surface area contributed by atoms with Crippen LogP contribution in [0.5, 0.6) is 0 Å². The van der Waals surface area contributed by atoms with Crippen molar-refractivity contribution in [3.8, 4) is 0 Å². The molecule has 0 aromatic heterocycles. The minimum atomic E-state index is -4.41. The Bertz CT molecular complexity index is 418. The third-order valence-corrected chi connectivity index (χ3v) is 3.71. The van der Waals surface area contributed by atoms with Crippen LogP contribution in [0, 0.1) is 0 Å². The van der Waals surface area contributed by atoms with E-state index in [2.05, 4.69) is 12.2 Å². The molecule has 0 spiro atoms. The normalized spacial score (nSPS) is 11.7. The number of benzene rings is 1. The maximum atomic E-state index is 12.7. The van der Waals surface area contributed by atoms with Gasteiger partial charge in [0.15, 0.2) is 0 Å². The summed E-state index contributed by atoms with van der Waals surface area (Å²) in [7, 11) is 0. The quantitative estimate of drug-likeness (QED) is 0.510. The molecule has 1 nitrogen and oxygen atoms in total. The van der Waals surface area contributed by atoms with Gasteiger partial charge in [0, 0.05) is 12.2 Å². The molecule has 0 fully saturated rings. The van der Waals surface area contributed by atoms with E-state index < -0.39 is 11.7 Å². The van der Waals surface area contributed by atoms with E-state index in [0.717, 1.165) is 18.9 Å². The first-order valence-electron chi connectivity index (χ1n) is 7.55. The molecule has 0 saturated heterocycles. The summed E-state index contributed by atoms with van der Waals surface area (Å²) in [5, 5.41) is 2.77. The van der Waals surface area contributed by atoms with Crippen LogP contribution in [0.2, 0.25) is 5.02 Å². The summed E-state index contributed by atoms with van der Waals surface area (Å²) in [5.74, 6) is 0. The molecule has 0 aliphatic carbocycles. The van der Waals surface area contributed by atoms with Crippen molar-refractivity contribution in [2.45, 2.75) is 58.0 Å². The van der Waals surface area contributed by atoms with Crippen molar-refractivity contribution in [3.05, 3.63) is 28.8 Å². The van der Waals surface area contributed by atoms with Crippen LogP contribution in [-0.2, 0) is 6.18 Å². The third kappa shape index (κ3) is 7.07. The summed E-state index contributed by atoms with van der Waals surface area (Å²) in [5.41, 5.74) is -0.313. The Morgan fingerprint density at radius 3 is 2.24 bits per heavy atom. The fraction of sp³-hybridized carbons (Fsp3) is 0.625. The van der Waals surface area contributed by atoms with Crippen molar-refractivity contribution in [2.75, 3.05) is 11.9 Å². The van der Waals surface area contributed by atoms with Crippen LogP contribution in [0.3, 0.4) is 0 Å². The molecular weight excluding hydrogens is 299 g/mol. The number of unbranched alkanes of at least 4 members (excludes halogenated alkanes) is 6. The zero-order valence-corrected chi connectivity index (χ0v) is 13.2. The summed E-state index contributed by atoms with van der Waals surface area (Å²) in [6.45, 7) is 2.87. The molecular formula is C16H23ClF3N. The van der Waals surface area contributed by atoms with Crippen LogP contribution in [0.1, 0.15) is 57.4 Å². The fourth-order valence-corrected chi connectivity index (χ4v) is 2.39. The van der Waals surface area contributed by atoms with Crippen LogP contribution in [0.25, 0.3) is 0 Å². The Morgan fingerprint density at radius 2 is 1.62 bits per heavy atom. The van der Waals surface area contributed by atoms with E-state index in [4.69, 9.17) is 11.6 Å². The maximum absolute atomic E-state index is 12.7. The summed E-state index contributed by atoms with van der Waals surface area (Å²) < 4.78 is 38.1. The number of nitrogens with one attached hydrogen (secondary N) is 1. The molecule has 1 rings (SSSR count). The molecule has 1 aromatic rings. The van der Waals surface area contributed by atoms with Crippen LogP contribution < -0.4 is 5.32 Å². The fourth-order valence-electron chi connectivity index (χ4n) is 2.17. The second kappa shape index (κ2) is 9.19. The molecule has 5 heteroatoms. The highest BCUT2D eigenvalue weighted by Gasteiger charge is 2.33. The second-order valence-corrected chi connectivity index (χ2v) is 5.65. The molecule has 0 unspecified atom stereocenters. The van der Waals surface area contributed by atoms with Crippen molar-refractivity contribution in [1.82, 2.24) is 0 Å². The van der Waals surface area contributed by atoms with E-state index >= 15 is 0 Å². The average molecular weight is 322 g/mol. The minimum Gasteiger partial charge on any atom is -0.385 e. The first-order valence-corrected chi connectivity index (χ1v) is 7.93. The Labute approximate surface area is 129 Å². The van der Waals surface area contributed by atoms with E-state index in [1.165, 1.54) is 38.2 Å². The number of anilines is 1. The molecule has 1 N–H and O–H groups in total. The SMILES string of the molecule is CCCCCCCCCNc1ccc(Cl)c(C(F)(F)F)c1. The second-order valence-electron chi connectivity index (χ2n) is 5.24. The van der Waals surface area contributed by atoms with Gasteiger partial charge in [-0.3, -0.25) is 0 Å². The Hall–Kier alpha value is -0.900. The zero-order chi connectivity index (χ0) is 15.7. The highest BCUT2D eigenvalue weighted by atomic mass is 35.5. The van der Waals surface area contributed by atoms with E-state index in [-0.39, 0.29) is 5.02 Å². The van der Waals surface area contributed by atoms with Gasteiger partial charge in [-0.2, -0.15) is 13.2 Å². The predicted octanol–water partition coefficient (Wildman–Crippen LogP) is 6.52. The zero-order valence-electron chi connectivity index (χ0n) is 12.4. The minimum absolute atomic E-state index is 0.260. The van der Waals surface area contributed by atoms with Crippen molar-refractivity contribution < 1.29 is 13.2 Å². The van der Waals surface area contributed by atoms with Crippen LogP contribution >= 0.6 is 11.6 Å². The number of alkyl halides is 3. The van der Waals surface area contributed by atoms with E-state index in [0.29, 0.717) is 12.2 Å². The van der Waals surface area contributed by atoms with Gasteiger partial charge in [-0.25, -0.2) is 0 Å². The first kappa shape index (κ1) is 18.1. The van der Waals surface area contributed by atoms with Crippen LogP contribution in [0.15, 0.2) is 18.2 Å². The predicted molar refractivity (Wildman–Crippen MR) is 82.9 cm³/mol. The van der Waals surface area contributed by atoms with Crippen LogP contribution in [-0.4, -0.2) is 6.54 Å². The lowest BCUT2D eigenvalue weighted by molar-refractivity contribution is -0.137. The van der Waals surface area contributed by atoms with E-state index in [1.54, 1.807) is 6.07 Å². The van der Waals surface area contributed by atoms with Crippen LogP contribution in [0.4, 0.5) is 18.9 Å². The summed E-state index contributed by atoms with van der Waals surface area (Å²) >= 11 is 5.58. The average Bonchev–Trinajstić information content (AvgIpc) is 2.42.